The zero-order valence-corrected chi connectivity index (χ0v) is 22.8. The summed E-state index contributed by atoms with van der Waals surface area (Å²) >= 11 is 0. The molecule has 200 valence electrons. The summed E-state index contributed by atoms with van der Waals surface area (Å²) in [5, 5.41) is 5.72. The normalized spacial score (nSPS) is 12.7. The van der Waals surface area contributed by atoms with Crippen molar-refractivity contribution in [1.29, 1.82) is 0 Å². The Kier molecular flexibility index (Phi) is 11.4. The molecular weight excluding hydrogens is 466 g/mol. The van der Waals surface area contributed by atoms with Gasteiger partial charge in [0.25, 0.3) is 0 Å². The zero-order chi connectivity index (χ0) is 27.4. The first kappa shape index (κ1) is 29.6. The van der Waals surface area contributed by atoms with Crippen LogP contribution in [0.25, 0.3) is 0 Å². The molecule has 0 aliphatic rings. The Labute approximate surface area is 221 Å². The quantitative estimate of drug-likeness (QED) is 0.309. The summed E-state index contributed by atoms with van der Waals surface area (Å²) in [6, 6.07) is 15.1. The van der Waals surface area contributed by atoms with Crippen LogP contribution in [0, 0.1) is 6.92 Å². The largest absolute Gasteiger partial charge is 0.444 e. The number of benzene rings is 2. The third kappa shape index (κ3) is 9.75. The van der Waals surface area contributed by atoms with Gasteiger partial charge in [0.1, 0.15) is 17.7 Å². The van der Waals surface area contributed by atoms with E-state index in [4.69, 9.17) is 4.74 Å². The first-order valence-electron chi connectivity index (χ1n) is 12.8. The number of amides is 3. The lowest BCUT2D eigenvalue weighted by molar-refractivity contribution is -0.141. The lowest BCUT2D eigenvalue weighted by atomic mass is 9.99. The van der Waals surface area contributed by atoms with Gasteiger partial charge in [0.15, 0.2) is 0 Å². The highest BCUT2D eigenvalue weighted by Gasteiger charge is 2.35. The number of alkyl carbamates (subject to hydrolysis) is 1. The van der Waals surface area contributed by atoms with Crippen LogP contribution in [0.4, 0.5) is 4.79 Å². The molecule has 2 aromatic rings. The third-order valence-corrected chi connectivity index (χ3v) is 5.66. The van der Waals surface area contributed by atoms with Gasteiger partial charge in [-0.3, -0.25) is 9.59 Å². The molecule has 0 aliphatic carbocycles. The van der Waals surface area contributed by atoms with E-state index < -0.39 is 29.7 Å². The lowest BCUT2D eigenvalue weighted by Crippen LogP contribution is -2.54. The van der Waals surface area contributed by atoms with Crippen molar-refractivity contribution < 1.29 is 19.1 Å². The molecule has 0 fully saturated rings. The first-order chi connectivity index (χ1) is 17.6. The van der Waals surface area contributed by atoms with Crippen LogP contribution < -0.4 is 10.6 Å². The highest BCUT2D eigenvalue weighted by molar-refractivity contribution is 5.92. The minimum atomic E-state index is -0.950. The molecule has 0 heterocycles. The molecule has 37 heavy (non-hydrogen) atoms. The van der Waals surface area contributed by atoms with E-state index in [1.807, 2.05) is 68.4 Å². The van der Waals surface area contributed by atoms with Crippen LogP contribution in [0.2, 0.25) is 0 Å². The fraction of sp³-hybridized carbons (Fsp3) is 0.433. The van der Waals surface area contributed by atoms with Crippen molar-refractivity contribution in [3.05, 3.63) is 83.9 Å². The highest BCUT2D eigenvalue weighted by Crippen LogP contribution is 2.24. The summed E-state index contributed by atoms with van der Waals surface area (Å²) in [5.74, 6) is -0.672. The van der Waals surface area contributed by atoms with Gasteiger partial charge >= 0.3 is 6.09 Å². The smallest absolute Gasteiger partial charge is 0.408 e. The van der Waals surface area contributed by atoms with Crippen LogP contribution >= 0.6 is 0 Å². The minimum absolute atomic E-state index is 0.125. The topological polar surface area (TPSA) is 87.7 Å². The fourth-order valence-electron chi connectivity index (χ4n) is 3.87. The summed E-state index contributed by atoms with van der Waals surface area (Å²) in [5.41, 5.74) is 1.87. The SMILES string of the molecule is C=CCN(C(=O)C(Cc1ccccc1)NC(=O)OC(C)(C)C)C(C(=O)NCCCC)c1ccc(C)cc1. The molecule has 0 aromatic heterocycles. The van der Waals surface area contributed by atoms with Crippen LogP contribution in [0.15, 0.2) is 67.3 Å². The zero-order valence-electron chi connectivity index (χ0n) is 22.8. The van der Waals surface area contributed by atoms with E-state index >= 15 is 0 Å². The second-order valence-electron chi connectivity index (χ2n) is 10.1. The molecule has 0 aliphatic heterocycles. The van der Waals surface area contributed by atoms with Crippen molar-refractivity contribution >= 4 is 17.9 Å². The Morgan fingerprint density at radius 2 is 1.70 bits per heavy atom. The average Bonchev–Trinajstić information content (AvgIpc) is 2.83. The van der Waals surface area contributed by atoms with E-state index in [1.54, 1.807) is 26.8 Å². The van der Waals surface area contributed by atoms with Gasteiger partial charge in [-0.1, -0.05) is 79.6 Å². The van der Waals surface area contributed by atoms with E-state index in [2.05, 4.69) is 17.2 Å². The maximum Gasteiger partial charge on any atom is 0.408 e. The maximum atomic E-state index is 14.1. The predicted octanol–water partition coefficient (Wildman–Crippen LogP) is 5.10. The van der Waals surface area contributed by atoms with Gasteiger partial charge in [-0.15, -0.1) is 6.58 Å². The number of hydrogen-bond donors (Lipinski definition) is 2. The predicted molar refractivity (Wildman–Crippen MR) is 147 cm³/mol. The molecular formula is C30H41N3O4. The summed E-state index contributed by atoms with van der Waals surface area (Å²) in [4.78, 5) is 41.7. The summed E-state index contributed by atoms with van der Waals surface area (Å²) in [6.07, 6.45) is 2.90. The number of carbonyl (C=O) groups excluding carboxylic acids is 3. The maximum absolute atomic E-state index is 14.1. The standard InChI is InChI=1S/C30H41N3O4/c1-7-9-19-31-27(34)26(24-17-15-22(3)16-18-24)33(20-8-2)28(35)25(21-23-13-11-10-12-14-23)32-29(36)37-30(4,5)6/h8,10-18,25-26H,2,7,9,19-21H2,1,3-6H3,(H,31,34)(H,32,36). The van der Waals surface area contributed by atoms with Gasteiger partial charge in [-0.2, -0.15) is 0 Å². The molecule has 2 unspecified atom stereocenters. The molecule has 2 N–H and O–H groups in total. The molecule has 2 rings (SSSR count). The highest BCUT2D eigenvalue weighted by atomic mass is 16.6. The number of nitrogens with one attached hydrogen (secondary N) is 2. The number of nitrogens with zero attached hydrogens (tertiary/aromatic N) is 1. The van der Waals surface area contributed by atoms with Gasteiger partial charge in [0.05, 0.1) is 0 Å². The molecule has 7 nitrogen and oxygen atoms in total. The molecule has 2 aromatic carbocycles. The van der Waals surface area contributed by atoms with Gasteiger partial charge in [-0.25, -0.2) is 4.79 Å². The second kappa shape index (κ2) is 14.2. The molecule has 0 saturated heterocycles. The Balaban J connectivity index is 2.47. The Morgan fingerprint density at radius 3 is 2.27 bits per heavy atom. The summed E-state index contributed by atoms with van der Waals surface area (Å²) in [6.45, 7) is 13.8. The van der Waals surface area contributed by atoms with E-state index in [0.29, 0.717) is 12.1 Å². The molecule has 3 amide bonds. The van der Waals surface area contributed by atoms with Crippen molar-refractivity contribution in [2.45, 2.75) is 71.6 Å². The summed E-state index contributed by atoms with van der Waals surface area (Å²) < 4.78 is 5.45. The first-order valence-corrected chi connectivity index (χ1v) is 12.8. The number of carbonyl (C=O) groups is 3. The molecule has 7 heteroatoms. The Bertz CT molecular complexity index is 1030. The van der Waals surface area contributed by atoms with Gasteiger partial charge < -0.3 is 20.3 Å². The second-order valence-corrected chi connectivity index (χ2v) is 10.1. The molecule has 0 radical (unpaired) electrons. The van der Waals surface area contributed by atoms with Gasteiger partial charge in [0, 0.05) is 19.5 Å². The average molecular weight is 508 g/mol. The Morgan fingerprint density at radius 1 is 1.05 bits per heavy atom. The van der Waals surface area contributed by atoms with E-state index in [9.17, 15) is 14.4 Å². The van der Waals surface area contributed by atoms with Crippen LogP contribution in [0.1, 0.15) is 63.3 Å². The minimum Gasteiger partial charge on any atom is -0.444 e. The molecule has 0 saturated carbocycles. The summed E-state index contributed by atoms with van der Waals surface area (Å²) in [7, 11) is 0. The van der Waals surface area contributed by atoms with Gasteiger partial charge in [-0.05, 0) is 45.2 Å². The molecule has 0 bridgehead atoms. The van der Waals surface area contributed by atoms with E-state index in [0.717, 1.165) is 24.0 Å². The van der Waals surface area contributed by atoms with Gasteiger partial charge in [0.2, 0.25) is 11.8 Å². The molecule has 0 spiro atoms. The van der Waals surface area contributed by atoms with Crippen LogP contribution in [0.5, 0.6) is 0 Å². The van der Waals surface area contributed by atoms with Crippen molar-refractivity contribution in [2.75, 3.05) is 13.1 Å². The fourth-order valence-corrected chi connectivity index (χ4v) is 3.87. The van der Waals surface area contributed by atoms with Crippen molar-refractivity contribution in [3.63, 3.8) is 0 Å². The van der Waals surface area contributed by atoms with E-state index in [-0.39, 0.29) is 18.9 Å². The third-order valence-electron chi connectivity index (χ3n) is 5.66. The number of ether oxygens (including phenoxy) is 1. The lowest BCUT2D eigenvalue weighted by Gasteiger charge is -2.34. The van der Waals surface area contributed by atoms with Crippen LogP contribution in [-0.2, 0) is 20.7 Å². The number of rotatable bonds is 12. The number of hydrogen-bond acceptors (Lipinski definition) is 4. The molecule has 2 atom stereocenters. The monoisotopic (exact) mass is 507 g/mol. The number of unbranched alkanes of at least 4 members (excludes halogenated alkanes) is 1. The van der Waals surface area contributed by atoms with Crippen molar-refractivity contribution in [2.24, 2.45) is 0 Å². The number of aryl methyl sites for hydroxylation is 1. The van der Waals surface area contributed by atoms with Crippen LogP contribution in [-0.4, -0.2) is 47.5 Å². The van der Waals surface area contributed by atoms with Crippen molar-refractivity contribution in [3.8, 4) is 0 Å². The van der Waals surface area contributed by atoms with E-state index in [1.165, 1.54) is 4.90 Å². The van der Waals surface area contributed by atoms with Crippen LogP contribution in [0.3, 0.4) is 0 Å². The van der Waals surface area contributed by atoms with Crippen molar-refractivity contribution in [1.82, 2.24) is 15.5 Å². The Hall–Kier alpha value is -3.61.